The summed E-state index contributed by atoms with van der Waals surface area (Å²) in [5, 5.41) is 9.70. The Morgan fingerprint density at radius 2 is 1.09 bits per heavy atom. The summed E-state index contributed by atoms with van der Waals surface area (Å²) in [5.41, 5.74) is 14.3. The van der Waals surface area contributed by atoms with Crippen LogP contribution in [0, 0.1) is 20.8 Å². The monoisotopic (exact) mass is 655 g/mol. The molecular weight excluding hydrogens is 622 g/mol. The van der Waals surface area contributed by atoms with Crippen LogP contribution in [-0.4, -0.2) is 34.0 Å². The van der Waals surface area contributed by atoms with Gasteiger partial charge in [-0.2, -0.15) is 8.75 Å². The molecule has 6 rings (SSSR count). The van der Waals surface area contributed by atoms with Crippen molar-refractivity contribution in [1.82, 2.24) is 8.75 Å². The van der Waals surface area contributed by atoms with Crippen LogP contribution in [0.2, 0.25) is 0 Å². The fraction of sp³-hybridized carbons (Fsp3) is 0.182. The molecule has 0 aliphatic rings. The van der Waals surface area contributed by atoms with Crippen molar-refractivity contribution in [2.75, 3.05) is 20.0 Å². The van der Waals surface area contributed by atoms with Gasteiger partial charge in [-0.15, -0.1) is 0 Å². The predicted molar refractivity (Wildman–Crippen MR) is 175 cm³/mol. The maximum atomic E-state index is 9.00. The average Bonchev–Trinajstić information content (AvgIpc) is 3.56. The van der Waals surface area contributed by atoms with Crippen molar-refractivity contribution >= 4 is 54.9 Å². The van der Waals surface area contributed by atoms with Crippen LogP contribution in [0.15, 0.2) is 72.8 Å². The number of rotatable bonds is 4. The maximum Gasteiger partial charge on any atom is 0.300 e. The van der Waals surface area contributed by atoms with Gasteiger partial charge in [0.25, 0.3) is 5.97 Å². The van der Waals surface area contributed by atoms with E-state index >= 15 is 0 Å². The Balaban J connectivity index is 0.000000206. The normalized spacial score (nSPS) is 10.2. The van der Waals surface area contributed by atoms with Crippen LogP contribution in [0.1, 0.15) is 23.6 Å². The predicted octanol–water partition coefficient (Wildman–Crippen LogP) is 8.54. The Morgan fingerprint density at radius 1 is 0.698 bits per heavy atom. The first kappa shape index (κ1) is 33.6. The van der Waals surface area contributed by atoms with E-state index in [4.69, 9.17) is 25.1 Å². The minimum Gasteiger partial charge on any atom is -0.496 e. The van der Waals surface area contributed by atoms with E-state index in [0.29, 0.717) is 0 Å². The topological polar surface area (TPSA) is 108 Å². The van der Waals surface area contributed by atoms with E-state index in [1.165, 1.54) is 49.8 Å². The Bertz CT molecular complexity index is 1730. The molecule has 43 heavy (non-hydrogen) atoms. The first-order valence-corrected chi connectivity index (χ1v) is 14.7. The summed E-state index contributed by atoms with van der Waals surface area (Å²) in [7, 11) is 3.38. The number of nitrogen functional groups attached to an aromatic ring is 1. The van der Waals surface area contributed by atoms with E-state index < -0.39 is 5.97 Å². The molecule has 0 fully saturated rings. The van der Waals surface area contributed by atoms with Crippen molar-refractivity contribution < 1.29 is 36.4 Å². The van der Waals surface area contributed by atoms with E-state index in [1.807, 2.05) is 36.4 Å². The van der Waals surface area contributed by atoms with Gasteiger partial charge in [-0.05, 0) is 98.4 Å². The molecule has 0 bridgehead atoms. The van der Waals surface area contributed by atoms with E-state index in [-0.39, 0.29) is 17.1 Å². The van der Waals surface area contributed by atoms with Crippen LogP contribution < -0.4 is 15.2 Å². The molecule has 0 spiro atoms. The maximum absolute atomic E-state index is 9.00. The van der Waals surface area contributed by atoms with Crippen molar-refractivity contribution in [3.63, 3.8) is 0 Å². The van der Waals surface area contributed by atoms with Gasteiger partial charge >= 0.3 is 0 Å². The largest absolute Gasteiger partial charge is 0.496 e. The third-order valence-corrected chi connectivity index (χ3v) is 7.99. The molecule has 0 aliphatic heterocycles. The van der Waals surface area contributed by atoms with Gasteiger partial charge in [-0.25, -0.2) is 0 Å². The molecule has 224 valence electrons. The molecule has 0 saturated carbocycles. The number of aliphatic carboxylic acids is 1. The van der Waals surface area contributed by atoms with Crippen LogP contribution >= 0.6 is 23.1 Å². The van der Waals surface area contributed by atoms with E-state index in [0.717, 1.165) is 56.7 Å². The molecule has 10 heteroatoms. The van der Waals surface area contributed by atoms with Crippen molar-refractivity contribution in [3.05, 3.63) is 89.5 Å². The average molecular weight is 656 g/mol. The molecule has 0 amide bonds. The Labute approximate surface area is 270 Å². The second-order valence-corrected chi connectivity index (χ2v) is 11.4. The van der Waals surface area contributed by atoms with Crippen molar-refractivity contribution in [3.8, 4) is 34.0 Å². The van der Waals surface area contributed by atoms with Crippen molar-refractivity contribution in [2.24, 2.45) is 0 Å². The number of hydrogen-bond donors (Lipinski definition) is 2. The summed E-state index contributed by atoms with van der Waals surface area (Å²) in [5.74, 6) is 0.875. The number of carboxylic acid groups (broad SMARTS) is 1. The number of nitrogens with zero attached hydrogens (tertiary/aromatic N) is 2. The second-order valence-electron chi connectivity index (χ2n) is 9.74. The number of carbonyl (C=O) groups is 1. The fourth-order valence-electron chi connectivity index (χ4n) is 4.41. The van der Waals surface area contributed by atoms with Crippen LogP contribution in [0.4, 0.5) is 5.69 Å². The van der Waals surface area contributed by atoms with E-state index in [1.54, 1.807) is 14.2 Å². The number of aromatic nitrogens is 2. The van der Waals surface area contributed by atoms with Gasteiger partial charge in [-0.3, -0.25) is 4.79 Å². The van der Waals surface area contributed by atoms with Crippen LogP contribution in [0.5, 0.6) is 11.5 Å². The molecule has 0 radical (unpaired) electrons. The molecule has 0 atom stereocenters. The molecule has 2 aromatic heterocycles. The first-order valence-electron chi connectivity index (χ1n) is 13.1. The van der Waals surface area contributed by atoms with Crippen molar-refractivity contribution in [2.45, 2.75) is 27.7 Å². The molecule has 6 aromatic rings. The zero-order valence-corrected chi connectivity index (χ0v) is 27.5. The number of hydrogen-bond acceptors (Lipinski definition) is 8. The third kappa shape index (κ3) is 8.12. The summed E-state index contributed by atoms with van der Waals surface area (Å²) in [6, 6.07) is 24.6. The van der Waals surface area contributed by atoms with Crippen LogP contribution in [0.25, 0.3) is 42.7 Å². The Hall–Kier alpha value is -3.95. The molecule has 2 heterocycles. The SMILES string of the molecule is CC(=O)O.COc1ccc(C)cc1-c1nsc2ccc(C)cc12.COc1ccc(C)cc1-c1nsc2ccc(N)cc12.[Fe]. The fourth-order valence-corrected chi connectivity index (χ4v) is 5.95. The smallest absolute Gasteiger partial charge is 0.300 e. The third-order valence-electron chi connectivity index (χ3n) is 6.34. The zero-order valence-electron chi connectivity index (χ0n) is 24.7. The minimum atomic E-state index is -0.833. The second kappa shape index (κ2) is 15.0. The number of carboxylic acids is 1. The standard InChI is InChI=1S/C16H15NOS.C15H14N2OS.C2H4O2.Fe/c1-10-4-6-14(18-3)12(8-10)16-13-9-11(2)5-7-15(13)19-17-16;1-9-3-5-13(18-2)11(7-9)15-12-8-10(16)4-6-14(12)19-17-15;1-2(3)4;/h4-9H,1-3H3;3-8H,16H2,1-2H3;1H3,(H,3,4);. The van der Waals surface area contributed by atoms with Gasteiger partial charge < -0.3 is 20.3 Å². The number of fused-ring (bicyclic) bond motifs is 2. The molecule has 0 unspecified atom stereocenters. The van der Waals surface area contributed by atoms with Gasteiger partial charge in [0, 0.05) is 51.6 Å². The van der Waals surface area contributed by atoms with Crippen LogP contribution in [0.3, 0.4) is 0 Å². The zero-order chi connectivity index (χ0) is 30.4. The van der Waals surface area contributed by atoms with Gasteiger partial charge in [0.2, 0.25) is 0 Å². The number of benzene rings is 4. The summed E-state index contributed by atoms with van der Waals surface area (Å²) in [6.45, 7) is 7.34. The summed E-state index contributed by atoms with van der Waals surface area (Å²) in [6.07, 6.45) is 0. The van der Waals surface area contributed by atoms with Gasteiger partial charge in [-0.1, -0.05) is 34.9 Å². The minimum absolute atomic E-state index is 0. The quantitative estimate of drug-likeness (QED) is 0.145. The molecule has 0 aliphatic carbocycles. The van der Waals surface area contributed by atoms with Crippen LogP contribution in [-0.2, 0) is 21.9 Å². The van der Waals surface area contributed by atoms with Gasteiger partial charge in [0.05, 0.1) is 35.0 Å². The molecular formula is C33H33FeN3O4S2. The van der Waals surface area contributed by atoms with E-state index in [9.17, 15) is 0 Å². The summed E-state index contributed by atoms with van der Waals surface area (Å²) < 4.78 is 22.4. The van der Waals surface area contributed by atoms with Gasteiger partial charge in [0.15, 0.2) is 0 Å². The van der Waals surface area contributed by atoms with Gasteiger partial charge in [0.1, 0.15) is 11.5 Å². The Kier molecular flexibility index (Phi) is 11.7. The van der Waals surface area contributed by atoms with Crippen molar-refractivity contribution in [1.29, 1.82) is 0 Å². The molecule has 7 nitrogen and oxygen atoms in total. The first-order chi connectivity index (χ1) is 20.1. The molecule has 3 N–H and O–H groups in total. The summed E-state index contributed by atoms with van der Waals surface area (Å²) >= 11 is 3.02. The number of aryl methyl sites for hydroxylation is 3. The van der Waals surface area contributed by atoms with E-state index in [2.05, 4.69) is 65.9 Å². The Morgan fingerprint density at radius 3 is 1.56 bits per heavy atom. The number of nitrogens with two attached hydrogens (primary N) is 1. The number of methoxy groups -OCH3 is 2. The summed E-state index contributed by atoms with van der Waals surface area (Å²) in [4.78, 5) is 9.00. The molecule has 0 saturated heterocycles. The molecule has 4 aromatic carbocycles. The number of ether oxygens (including phenoxy) is 2. The number of anilines is 1.